The number of carbonyl (C=O) groups is 2. The zero-order valence-electron chi connectivity index (χ0n) is 15.5. The number of amides is 1. The summed E-state index contributed by atoms with van der Waals surface area (Å²) < 4.78 is 0. The molecule has 2 aliphatic rings. The summed E-state index contributed by atoms with van der Waals surface area (Å²) in [6.45, 7) is 1.50. The number of carboxylic acid groups (broad SMARTS) is 1. The highest BCUT2D eigenvalue weighted by Gasteiger charge is 2.42. The average Bonchev–Trinajstić information content (AvgIpc) is 2.69. The van der Waals surface area contributed by atoms with Gasteiger partial charge in [-0.05, 0) is 49.9 Å². The monoisotopic (exact) mass is 372 g/mol. The maximum atomic E-state index is 12.7. The molecule has 2 fully saturated rings. The number of amidine groups is 1. The van der Waals surface area contributed by atoms with Gasteiger partial charge in [0.2, 0.25) is 5.91 Å². The lowest BCUT2D eigenvalue weighted by Crippen LogP contribution is -2.57. The summed E-state index contributed by atoms with van der Waals surface area (Å²) in [5.74, 6) is -1.12. The number of aliphatic carboxylic acids is 1. The molecule has 0 radical (unpaired) electrons. The van der Waals surface area contributed by atoms with Crippen LogP contribution in [0.4, 0.5) is 5.69 Å². The van der Waals surface area contributed by atoms with Crippen LogP contribution in [0, 0.1) is 11.3 Å². The summed E-state index contributed by atoms with van der Waals surface area (Å²) in [6, 6.07) is 7.55. The first-order chi connectivity index (χ1) is 12.9. The summed E-state index contributed by atoms with van der Waals surface area (Å²) >= 11 is 0. The normalized spacial score (nSPS) is 20.1. The third-order valence-electron chi connectivity index (χ3n) is 5.89. The minimum Gasteiger partial charge on any atom is -0.480 e. The summed E-state index contributed by atoms with van der Waals surface area (Å²) in [6.07, 6.45) is 5.19. The maximum Gasteiger partial charge on any atom is 0.329 e. The first-order valence-corrected chi connectivity index (χ1v) is 9.66. The van der Waals surface area contributed by atoms with E-state index in [0.717, 1.165) is 38.0 Å². The van der Waals surface area contributed by atoms with Crippen LogP contribution in [0.5, 0.6) is 0 Å². The first kappa shape index (κ1) is 19.2. The Morgan fingerprint density at radius 1 is 1.11 bits per heavy atom. The van der Waals surface area contributed by atoms with E-state index in [2.05, 4.69) is 10.2 Å². The molecule has 1 saturated heterocycles. The van der Waals surface area contributed by atoms with E-state index < -0.39 is 11.5 Å². The van der Waals surface area contributed by atoms with E-state index in [1.165, 1.54) is 0 Å². The summed E-state index contributed by atoms with van der Waals surface area (Å²) in [7, 11) is 0. The second-order valence-corrected chi connectivity index (χ2v) is 7.66. The van der Waals surface area contributed by atoms with Crippen molar-refractivity contribution < 1.29 is 14.7 Å². The Labute approximate surface area is 159 Å². The fourth-order valence-corrected chi connectivity index (χ4v) is 4.14. The standard InChI is InChI=1S/C20H28N4O3/c21-17(22)14-4-6-16(7-5-14)24-12-8-15(9-13-24)18(25)23-20(19(26)27)10-2-1-3-11-20/h4-7,15H,1-3,8-13H2,(H3,21,22)(H,23,25)(H,26,27). The Morgan fingerprint density at radius 2 is 1.70 bits per heavy atom. The van der Waals surface area contributed by atoms with Gasteiger partial charge in [-0.1, -0.05) is 19.3 Å². The van der Waals surface area contributed by atoms with Crippen LogP contribution in [0.1, 0.15) is 50.5 Å². The molecular formula is C20H28N4O3. The van der Waals surface area contributed by atoms with Crippen LogP contribution in [-0.4, -0.2) is 41.4 Å². The predicted octanol–water partition coefficient (Wildman–Crippen LogP) is 2.09. The number of benzene rings is 1. The highest BCUT2D eigenvalue weighted by molar-refractivity contribution is 5.95. The molecule has 1 aliphatic carbocycles. The Morgan fingerprint density at radius 3 is 2.22 bits per heavy atom. The molecule has 0 aromatic heterocycles. The Balaban J connectivity index is 1.57. The molecule has 27 heavy (non-hydrogen) atoms. The molecule has 1 saturated carbocycles. The Kier molecular flexibility index (Phi) is 5.68. The van der Waals surface area contributed by atoms with Gasteiger partial charge in [-0.3, -0.25) is 10.2 Å². The predicted molar refractivity (Wildman–Crippen MR) is 104 cm³/mol. The van der Waals surface area contributed by atoms with Crippen molar-refractivity contribution in [1.29, 1.82) is 5.41 Å². The van der Waals surface area contributed by atoms with Crippen LogP contribution in [0.2, 0.25) is 0 Å². The van der Waals surface area contributed by atoms with Crippen LogP contribution in [0.3, 0.4) is 0 Å². The summed E-state index contributed by atoms with van der Waals surface area (Å²) in [5.41, 5.74) is 6.15. The van der Waals surface area contributed by atoms with Gasteiger partial charge in [-0.25, -0.2) is 4.79 Å². The van der Waals surface area contributed by atoms with Crippen LogP contribution in [0.25, 0.3) is 0 Å². The first-order valence-electron chi connectivity index (χ1n) is 9.66. The molecule has 7 nitrogen and oxygen atoms in total. The minimum absolute atomic E-state index is 0.0481. The summed E-state index contributed by atoms with van der Waals surface area (Å²) in [5, 5.41) is 20.0. The molecule has 1 aliphatic heterocycles. The lowest BCUT2D eigenvalue weighted by molar-refractivity contribution is -0.150. The number of nitrogens with two attached hydrogens (primary N) is 1. The van der Waals surface area contributed by atoms with Crippen LogP contribution < -0.4 is 16.0 Å². The minimum atomic E-state index is -1.07. The number of hydrogen-bond acceptors (Lipinski definition) is 4. The molecule has 1 aromatic carbocycles. The quantitative estimate of drug-likeness (QED) is 0.466. The van der Waals surface area contributed by atoms with E-state index in [-0.39, 0.29) is 17.7 Å². The van der Waals surface area contributed by atoms with Crippen LogP contribution >= 0.6 is 0 Å². The number of nitrogen functional groups attached to an aromatic ring is 1. The van der Waals surface area contributed by atoms with Crippen molar-refractivity contribution in [2.45, 2.75) is 50.5 Å². The SMILES string of the molecule is N=C(N)c1ccc(N2CCC(C(=O)NC3(C(=O)O)CCCCC3)CC2)cc1. The van der Waals surface area contributed by atoms with Crippen molar-refractivity contribution in [3.8, 4) is 0 Å². The number of rotatable bonds is 5. The zero-order chi connectivity index (χ0) is 19.4. The molecule has 1 amide bonds. The van der Waals surface area contributed by atoms with Crippen LogP contribution in [0.15, 0.2) is 24.3 Å². The van der Waals surface area contributed by atoms with Crippen molar-refractivity contribution in [2.24, 2.45) is 11.7 Å². The van der Waals surface area contributed by atoms with Gasteiger partial charge in [0.15, 0.2) is 0 Å². The van der Waals surface area contributed by atoms with E-state index in [1.54, 1.807) is 0 Å². The number of carbonyl (C=O) groups excluding carboxylic acids is 1. The van der Waals surface area contributed by atoms with Gasteiger partial charge in [0.25, 0.3) is 0 Å². The lowest BCUT2D eigenvalue weighted by Gasteiger charge is -2.37. The zero-order valence-corrected chi connectivity index (χ0v) is 15.5. The van der Waals surface area contributed by atoms with E-state index in [9.17, 15) is 14.7 Å². The Bertz CT molecular complexity index is 702. The third kappa shape index (κ3) is 4.23. The van der Waals surface area contributed by atoms with Crippen molar-refractivity contribution in [1.82, 2.24) is 5.32 Å². The van der Waals surface area contributed by atoms with Gasteiger partial charge < -0.3 is 21.1 Å². The van der Waals surface area contributed by atoms with E-state index in [1.807, 2.05) is 24.3 Å². The van der Waals surface area contributed by atoms with Crippen molar-refractivity contribution >= 4 is 23.4 Å². The van der Waals surface area contributed by atoms with Gasteiger partial charge in [0, 0.05) is 30.3 Å². The van der Waals surface area contributed by atoms with E-state index in [0.29, 0.717) is 31.2 Å². The van der Waals surface area contributed by atoms with Gasteiger partial charge in [0.1, 0.15) is 11.4 Å². The second kappa shape index (κ2) is 7.98. The number of piperidine rings is 1. The molecule has 0 bridgehead atoms. The second-order valence-electron chi connectivity index (χ2n) is 7.66. The topological polar surface area (TPSA) is 120 Å². The highest BCUT2D eigenvalue weighted by Crippen LogP contribution is 2.30. The number of nitrogens with one attached hydrogen (secondary N) is 2. The fraction of sp³-hybridized carbons (Fsp3) is 0.550. The molecule has 3 rings (SSSR count). The van der Waals surface area contributed by atoms with Gasteiger partial charge in [-0.15, -0.1) is 0 Å². The molecule has 0 unspecified atom stereocenters. The summed E-state index contributed by atoms with van der Waals surface area (Å²) in [4.78, 5) is 26.7. The molecule has 7 heteroatoms. The molecule has 5 N–H and O–H groups in total. The van der Waals surface area contributed by atoms with Gasteiger partial charge in [-0.2, -0.15) is 0 Å². The average molecular weight is 372 g/mol. The molecule has 1 aromatic rings. The molecular weight excluding hydrogens is 344 g/mol. The van der Waals surface area contributed by atoms with Crippen molar-refractivity contribution in [2.75, 3.05) is 18.0 Å². The Hall–Kier alpha value is -2.57. The third-order valence-corrected chi connectivity index (χ3v) is 5.89. The van der Waals surface area contributed by atoms with E-state index in [4.69, 9.17) is 11.1 Å². The number of nitrogens with zero attached hydrogens (tertiary/aromatic N) is 1. The lowest BCUT2D eigenvalue weighted by atomic mass is 9.81. The van der Waals surface area contributed by atoms with Gasteiger partial charge in [0.05, 0.1) is 0 Å². The molecule has 1 heterocycles. The molecule has 0 spiro atoms. The van der Waals surface area contributed by atoms with Crippen molar-refractivity contribution in [3.63, 3.8) is 0 Å². The highest BCUT2D eigenvalue weighted by atomic mass is 16.4. The largest absolute Gasteiger partial charge is 0.480 e. The van der Waals surface area contributed by atoms with Gasteiger partial charge >= 0.3 is 5.97 Å². The van der Waals surface area contributed by atoms with Crippen molar-refractivity contribution in [3.05, 3.63) is 29.8 Å². The van der Waals surface area contributed by atoms with Crippen LogP contribution in [-0.2, 0) is 9.59 Å². The number of anilines is 1. The smallest absolute Gasteiger partial charge is 0.329 e. The number of hydrogen-bond donors (Lipinski definition) is 4. The molecule has 146 valence electrons. The van der Waals surface area contributed by atoms with E-state index >= 15 is 0 Å². The maximum absolute atomic E-state index is 12.7. The fourth-order valence-electron chi connectivity index (χ4n) is 4.14. The number of carboxylic acids is 1. The molecule has 0 atom stereocenters.